The molecule has 0 radical (unpaired) electrons. The Bertz CT molecular complexity index is 421. The molecule has 1 unspecified atom stereocenters. The molecule has 1 aromatic carbocycles. The van der Waals surface area contributed by atoms with Crippen LogP contribution in [-0.4, -0.2) is 22.4 Å². The normalized spacial score (nSPS) is 12.5. The number of amides is 1. The maximum Gasteiger partial charge on any atom is 0.255 e. The molecule has 0 saturated carbocycles. The van der Waals surface area contributed by atoms with Crippen molar-refractivity contribution in [1.29, 1.82) is 0 Å². The van der Waals surface area contributed by atoms with Crippen LogP contribution in [0.25, 0.3) is 0 Å². The first-order valence-electron chi connectivity index (χ1n) is 5.81. The Morgan fingerprint density at radius 3 is 2.61 bits per heavy atom. The lowest BCUT2D eigenvalue weighted by atomic mass is 10.0. The standard InChI is InChI=1S/C13H17Br2NO2/c1-8(2)11(5-6-14)16-13(18)10-4-3-9(15)7-12(10)17/h3-4,7-8,11,17H,5-6H2,1-2H3,(H,16,18). The minimum Gasteiger partial charge on any atom is -0.507 e. The number of rotatable bonds is 5. The monoisotopic (exact) mass is 377 g/mol. The SMILES string of the molecule is CC(C)C(CCBr)NC(=O)c1ccc(Br)cc1O. The molecule has 0 aromatic heterocycles. The summed E-state index contributed by atoms with van der Waals surface area (Å²) in [5.41, 5.74) is 0.304. The molecule has 1 aromatic rings. The van der Waals surface area contributed by atoms with Gasteiger partial charge >= 0.3 is 0 Å². The second kappa shape index (κ2) is 7.14. The lowest BCUT2D eigenvalue weighted by molar-refractivity contribution is 0.0922. The number of nitrogens with one attached hydrogen (secondary N) is 1. The van der Waals surface area contributed by atoms with Gasteiger partial charge in [-0.2, -0.15) is 0 Å². The van der Waals surface area contributed by atoms with E-state index in [0.717, 1.165) is 16.2 Å². The Kier molecular flexibility index (Phi) is 6.15. The van der Waals surface area contributed by atoms with Crippen molar-refractivity contribution < 1.29 is 9.90 Å². The highest BCUT2D eigenvalue weighted by molar-refractivity contribution is 9.10. The first-order valence-corrected chi connectivity index (χ1v) is 7.72. The van der Waals surface area contributed by atoms with Gasteiger partial charge in [0.05, 0.1) is 5.56 Å². The predicted octanol–water partition coefficient (Wildman–Crippen LogP) is 3.69. The number of aromatic hydroxyl groups is 1. The minimum absolute atomic E-state index is 0.0109. The molecular formula is C13H17Br2NO2. The lowest BCUT2D eigenvalue weighted by Crippen LogP contribution is -2.38. The highest BCUT2D eigenvalue weighted by Gasteiger charge is 2.18. The van der Waals surface area contributed by atoms with E-state index in [1.165, 1.54) is 6.07 Å². The number of phenolic OH excluding ortho intramolecular Hbond substituents is 1. The van der Waals surface area contributed by atoms with Crippen LogP contribution < -0.4 is 5.32 Å². The number of alkyl halides is 1. The van der Waals surface area contributed by atoms with Gasteiger partial charge in [-0.1, -0.05) is 45.7 Å². The molecule has 0 spiro atoms. The summed E-state index contributed by atoms with van der Waals surface area (Å²) >= 11 is 6.63. The summed E-state index contributed by atoms with van der Waals surface area (Å²) in [5.74, 6) is 0.104. The van der Waals surface area contributed by atoms with Crippen molar-refractivity contribution >= 4 is 37.8 Å². The summed E-state index contributed by atoms with van der Waals surface area (Å²) in [7, 11) is 0. The molecule has 0 aliphatic rings. The Hall–Kier alpha value is -0.550. The van der Waals surface area contributed by atoms with Gasteiger partial charge in [0.2, 0.25) is 0 Å². The number of carbonyl (C=O) groups is 1. The van der Waals surface area contributed by atoms with Gasteiger partial charge in [-0.15, -0.1) is 0 Å². The van der Waals surface area contributed by atoms with Crippen LogP contribution in [0.1, 0.15) is 30.6 Å². The summed E-state index contributed by atoms with van der Waals surface area (Å²) < 4.78 is 0.748. The van der Waals surface area contributed by atoms with Crippen molar-refractivity contribution in [2.45, 2.75) is 26.3 Å². The average Bonchev–Trinajstić information content (AvgIpc) is 2.27. The molecule has 0 bridgehead atoms. The molecule has 1 rings (SSSR count). The molecular weight excluding hydrogens is 362 g/mol. The van der Waals surface area contributed by atoms with Crippen LogP contribution in [0.2, 0.25) is 0 Å². The Labute approximate surface area is 124 Å². The van der Waals surface area contributed by atoms with Crippen molar-refractivity contribution in [3.05, 3.63) is 28.2 Å². The van der Waals surface area contributed by atoms with E-state index in [0.29, 0.717) is 11.5 Å². The third-order valence-electron chi connectivity index (χ3n) is 2.75. The summed E-state index contributed by atoms with van der Waals surface area (Å²) in [4.78, 5) is 12.1. The summed E-state index contributed by atoms with van der Waals surface area (Å²) in [6.45, 7) is 4.13. The molecule has 0 fully saturated rings. The fourth-order valence-electron chi connectivity index (χ4n) is 1.63. The molecule has 3 nitrogen and oxygen atoms in total. The first kappa shape index (κ1) is 15.5. The van der Waals surface area contributed by atoms with Gasteiger partial charge in [-0.05, 0) is 30.5 Å². The lowest BCUT2D eigenvalue weighted by Gasteiger charge is -2.21. The van der Waals surface area contributed by atoms with Crippen LogP contribution in [0.4, 0.5) is 0 Å². The van der Waals surface area contributed by atoms with E-state index in [-0.39, 0.29) is 17.7 Å². The van der Waals surface area contributed by atoms with Crippen LogP contribution in [-0.2, 0) is 0 Å². The number of benzene rings is 1. The molecule has 5 heteroatoms. The van der Waals surface area contributed by atoms with E-state index in [1.54, 1.807) is 12.1 Å². The minimum atomic E-state index is -0.236. The maximum absolute atomic E-state index is 12.1. The van der Waals surface area contributed by atoms with Crippen LogP contribution >= 0.6 is 31.9 Å². The van der Waals surface area contributed by atoms with Crippen LogP contribution in [0, 0.1) is 5.92 Å². The number of halogens is 2. The van der Waals surface area contributed by atoms with Gasteiger partial charge in [-0.25, -0.2) is 0 Å². The number of phenols is 1. The fraction of sp³-hybridized carbons (Fsp3) is 0.462. The molecule has 100 valence electrons. The molecule has 1 atom stereocenters. The zero-order chi connectivity index (χ0) is 13.7. The molecule has 0 aliphatic heterocycles. The zero-order valence-corrected chi connectivity index (χ0v) is 13.6. The molecule has 0 saturated heterocycles. The summed E-state index contributed by atoms with van der Waals surface area (Å²) in [6.07, 6.45) is 0.862. The van der Waals surface area contributed by atoms with Crippen LogP contribution in [0.5, 0.6) is 5.75 Å². The highest BCUT2D eigenvalue weighted by atomic mass is 79.9. The molecule has 0 aliphatic carbocycles. The number of carbonyl (C=O) groups excluding carboxylic acids is 1. The number of hydrogen-bond acceptors (Lipinski definition) is 2. The van der Waals surface area contributed by atoms with Gasteiger partial charge in [0.25, 0.3) is 5.91 Å². The van der Waals surface area contributed by atoms with Crippen molar-refractivity contribution in [2.24, 2.45) is 5.92 Å². The molecule has 2 N–H and O–H groups in total. The number of hydrogen-bond donors (Lipinski definition) is 2. The fourth-order valence-corrected chi connectivity index (χ4v) is 2.47. The predicted molar refractivity (Wildman–Crippen MR) is 80.3 cm³/mol. The van der Waals surface area contributed by atoms with Gasteiger partial charge < -0.3 is 10.4 Å². The topological polar surface area (TPSA) is 49.3 Å². The van der Waals surface area contributed by atoms with Crippen LogP contribution in [0.15, 0.2) is 22.7 Å². The van der Waals surface area contributed by atoms with E-state index in [9.17, 15) is 9.90 Å². The van der Waals surface area contributed by atoms with Crippen LogP contribution in [0.3, 0.4) is 0 Å². The van der Waals surface area contributed by atoms with Crippen molar-refractivity contribution in [3.8, 4) is 5.75 Å². The molecule has 1 amide bonds. The summed E-state index contributed by atoms with van der Waals surface area (Å²) in [6, 6.07) is 4.97. The van der Waals surface area contributed by atoms with Gasteiger partial charge in [0.1, 0.15) is 5.75 Å². The third kappa shape index (κ3) is 4.28. The summed E-state index contributed by atoms with van der Waals surface area (Å²) in [5, 5.41) is 13.5. The zero-order valence-electron chi connectivity index (χ0n) is 10.4. The molecule has 0 heterocycles. The first-order chi connectivity index (χ1) is 8.45. The van der Waals surface area contributed by atoms with Gasteiger partial charge in [-0.3, -0.25) is 4.79 Å². The van der Waals surface area contributed by atoms with E-state index in [2.05, 4.69) is 51.0 Å². The Morgan fingerprint density at radius 1 is 1.44 bits per heavy atom. The van der Waals surface area contributed by atoms with E-state index < -0.39 is 0 Å². The second-order valence-electron chi connectivity index (χ2n) is 4.46. The van der Waals surface area contributed by atoms with Crippen molar-refractivity contribution in [3.63, 3.8) is 0 Å². The maximum atomic E-state index is 12.1. The van der Waals surface area contributed by atoms with E-state index >= 15 is 0 Å². The Balaban J connectivity index is 2.80. The molecule has 18 heavy (non-hydrogen) atoms. The van der Waals surface area contributed by atoms with Gasteiger partial charge in [0.15, 0.2) is 0 Å². The van der Waals surface area contributed by atoms with Crippen molar-refractivity contribution in [2.75, 3.05) is 5.33 Å². The second-order valence-corrected chi connectivity index (χ2v) is 6.17. The van der Waals surface area contributed by atoms with Crippen molar-refractivity contribution in [1.82, 2.24) is 5.32 Å². The Morgan fingerprint density at radius 2 is 2.11 bits per heavy atom. The largest absolute Gasteiger partial charge is 0.507 e. The van der Waals surface area contributed by atoms with E-state index in [1.807, 2.05) is 0 Å². The quantitative estimate of drug-likeness (QED) is 0.767. The highest BCUT2D eigenvalue weighted by Crippen LogP contribution is 2.22. The van der Waals surface area contributed by atoms with E-state index in [4.69, 9.17) is 0 Å². The average molecular weight is 379 g/mol. The third-order valence-corrected chi connectivity index (χ3v) is 3.70. The van der Waals surface area contributed by atoms with Gasteiger partial charge in [0, 0.05) is 15.8 Å². The smallest absolute Gasteiger partial charge is 0.255 e.